The second-order valence-corrected chi connectivity index (χ2v) is 4.84. The summed E-state index contributed by atoms with van der Waals surface area (Å²) in [5.74, 6) is -0.293. The van der Waals surface area contributed by atoms with Gasteiger partial charge in [0.05, 0.1) is 12.0 Å². The smallest absolute Gasteiger partial charge is 0.406 e. The Bertz CT molecular complexity index is 479. The Labute approximate surface area is 115 Å². The van der Waals surface area contributed by atoms with Crippen LogP contribution in [0.2, 0.25) is 0 Å². The van der Waals surface area contributed by atoms with Gasteiger partial charge in [-0.3, -0.25) is 0 Å². The lowest BCUT2D eigenvalue weighted by Gasteiger charge is -2.28. The van der Waals surface area contributed by atoms with E-state index in [9.17, 15) is 13.2 Å². The van der Waals surface area contributed by atoms with Crippen molar-refractivity contribution in [3.05, 3.63) is 24.3 Å². The van der Waals surface area contributed by atoms with E-state index in [0.717, 1.165) is 25.7 Å². The van der Waals surface area contributed by atoms with Gasteiger partial charge in [-0.1, -0.05) is 12.8 Å². The van der Waals surface area contributed by atoms with Crippen molar-refractivity contribution in [2.75, 3.05) is 5.32 Å². The van der Waals surface area contributed by atoms with Crippen LogP contribution in [0.5, 0.6) is 5.75 Å². The number of ether oxygens (including phenoxy) is 1. The Balaban J connectivity index is 1.98. The van der Waals surface area contributed by atoms with Gasteiger partial charge in [-0.15, -0.1) is 13.2 Å². The van der Waals surface area contributed by atoms with E-state index >= 15 is 0 Å². The number of alkyl halides is 3. The quantitative estimate of drug-likeness (QED) is 0.909. The first-order valence-electron chi connectivity index (χ1n) is 6.50. The minimum absolute atomic E-state index is 0.0464. The largest absolute Gasteiger partial charge is 0.573 e. The number of anilines is 1. The van der Waals surface area contributed by atoms with Crippen molar-refractivity contribution in [1.82, 2.24) is 0 Å². The fraction of sp³-hybridized carbons (Fsp3) is 0.500. The summed E-state index contributed by atoms with van der Waals surface area (Å²) < 4.78 is 39.9. The molecule has 1 N–H and O–H groups in total. The van der Waals surface area contributed by atoms with Crippen LogP contribution in [0.25, 0.3) is 0 Å². The number of hydrogen-bond acceptors (Lipinski definition) is 3. The van der Waals surface area contributed by atoms with Crippen molar-refractivity contribution >= 4 is 5.69 Å². The number of rotatable bonds is 3. The number of nitriles is 1. The van der Waals surface area contributed by atoms with Gasteiger partial charge in [0.25, 0.3) is 0 Å². The van der Waals surface area contributed by atoms with Gasteiger partial charge < -0.3 is 10.1 Å². The number of nitrogens with zero attached hydrogens (tertiary/aromatic N) is 1. The third-order valence-corrected chi connectivity index (χ3v) is 3.37. The van der Waals surface area contributed by atoms with E-state index in [-0.39, 0.29) is 17.7 Å². The summed E-state index contributed by atoms with van der Waals surface area (Å²) >= 11 is 0. The van der Waals surface area contributed by atoms with Crippen molar-refractivity contribution in [3.63, 3.8) is 0 Å². The minimum Gasteiger partial charge on any atom is -0.406 e. The highest BCUT2D eigenvalue weighted by Crippen LogP contribution is 2.28. The van der Waals surface area contributed by atoms with Crippen LogP contribution in [-0.2, 0) is 0 Å². The Hall–Kier alpha value is -1.90. The molecule has 1 aliphatic carbocycles. The first kappa shape index (κ1) is 14.5. The highest BCUT2D eigenvalue weighted by molar-refractivity contribution is 5.47. The zero-order valence-corrected chi connectivity index (χ0v) is 10.8. The Morgan fingerprint density at radius 3 is 2.40 bits per heavy atom. The lowest BCUT2D eigenvalue weighted by atomic mass is 9.85. The maximum absolute atomic E-state index is 12.0. The Morgan fingerprint density at radius 1 is 1.15 bits per heavy atom. The topological polar surface area (TPSA) is 45.0 Å². The van der Waals surface area contributed by atoms with E-state index in [4.69, 9.17) is 5.26 Å². The maximum Gasteiger partial charge on any atom is 0.573 e. The second kappa shape index (κ2) is 6.04. The van der Waals surface area contributed by atoms with E-state index in [0.29, 0.717) is 5.69 Å². The Kier molecular flexibility index (Phi) is 4.38. The van der Waals surface area contributed by atoms with Gasteiger partial charge in [-0.05, 0) is 37.1 Å². The zero-order valence-electron chi connectivity index (χ0n) is 10.8. The molecule has 1 saturated carbocycles. The van der Waals surface area contributed by atoms with Gasteiger partial charge in [0.1, 0.15) is 5.75 Å². The van der Waals surface area contributed by atoms with Gasteiger partial charge >= 0.3 is 6.36 Å². The highest BCUT2D eigenvalue weighted by Gasteiger charge is 2.31. The molecule has 1 fully saturated rings. The van der Waals surface area contributed by atoms with E-state index in [2.05, 4.69) is 16.1 Å². The van der Waals surface area contributed by atoms with Crippen LogP contribution in [0.4, 0.5) is 18.9 Å². The number of hydrogen-bond donors (Lipinski definition) is 1. The SMILES string of the molecule is N#CC1CCCCC1Nc1ccc(OC(F)(F)F)cc1. The minimum atomic E-state index is -4.68. The highest BCUT2D eigenvalue weighted by atomic mass is 19.4. The molecule has 2 rings (SSSR count). The predicted octanol–water partition coefficient (Wildman–Crippen LogP) is 4.08. The third-order valence-electron chi connectivity index (χ3n) is 3.37. The molecule has 1 aliphatic rings. The van der Waals surface area contributed by atoms with Crippen molar-refractivity contribution in [2.45, 2.75) is 38.1 Å². The van der Waals surface area contributed by atoms with Gasteiger partial charge in [0, 0.05) is 11.7 Å². The van der Waals surface area contributed by atoms with Crippen LogP contribution < -0.4 is 10.1 Å². The molecule has 20 heavy (non-hydrogen) atoms. The fourth-order valence-corrected chi connectivity index (χ4v) is 2.43. The number of nitrogens with one attached hydrogen (secondary N) is 1. The van der Waals surface area contributed by atoms with Crippen LogP contribution in [-0.4, -0.2) is 12.4 Å². The molecule has 0 saturated heterocycles. The van der Waals surface area contributed by atoms with Crippen molar-refractivity contribution in [1.29, 1.82) is 5.26 Å². The molecule has 2 unspecified atom stereocenters. The van der Waals surface area contributed by atoms with Crippen LogP contribution in [0, 0.1) is 17.2 Å². The lowest BCUT2D eigenvalue weighted by molar-refractivity contribution is -0.274. The van der Waals surface area contributed by atoms with E-state index in [1.165, 1.54) is 24.3 Å². The molecule has 0 heterocycles. The maximum atomic E-state index is 12.0. The molecule has 0 aromatic heterocycles. The molecule has 0 amide bonds. The van der Waals surface area contributed by atoms with Crippen molar-refractivity contribution < 1.29 is 17.9 Å². The van der Waals surface area contributed by atoms with Crippen molar-refractivity contribution in [2.24, 2.45) is 5.92 Å². The summed E-state index contributed by atoms with van der Waals surface area (Å²) in [6.07, 6.45) is -0.799. The summed E-state index contributed by atoms with van der Waals surface area (Å²) in [6, 6.07) is 7.93. The zero-order chi connectivity index (χ0) is 14.6. The van der Waals surface area contributed by atoms with Crippen LogP contribution in [0.3, 0.4) is 0 Å². The number of benzene rings is 1. The first-order valence-corrected chi connectivity index (χ1v) is 6.50. The first-order chi connectivity index (χ1) is 9.48. The van der Waals surface area contributed by atoms with E-state index in [1.807, 2.05) is 0 Å². The third kappa shape index (κ3) is 4.05. The van der Waals surface area contributed by atoms with Crippen LogP contribution >= 0.6 is 0 Å². The van der Waals surface area contributed by atoms with Gasteiger partial charge in [-0.2, -0.15) is 5.26 Å². The van der Waals surface area contributed by atoms with Gasteiger partial charge in [0.15, 0.2) is 0 Å². The normalized spacial score (nSPS) is 22.9. The molecule has 108 valence electrons. The number of halogens is 3. The molecule has 0 radical (unpaired) electrons. The fourth-order valence-electron chi connectivity index (χ4n) is 2.43. The van der Waals surface area contributed by atoms with Gasteiger partial charge in [-0.25, -0.2) is 0 Å². The average molecular weight is 284 g/mol. The molecule has 2 atom stereocenters. The van der Waals surface area contributed by atoms with Crippen molar-refractivity contribution in [3.8, 4) is 11.8 Å². The van der Waals surface area contributed by atoms with E-state index < -0.39 is 6.36 Å². The molecule has 6 heteroatoms. The second-order valence-electron chi connectivity index (χ2n) is 4.84. The summed E-state index contributed by atoms with van der Waals surface area (Å²) in [5, 5.41) is 12.3. The predicted molar refractivity (Wildman–Crippen MR) is 68.1 cm³/mol. The molecular formula is C14H15F3N2O. The molecule has 1 aromatic carbocycles. The molecule has 3 nitrogen and oxygen atoms in total. The lowest BCUT2D eigenvalue weighted by Crippen LogP contribution is -2.31. The molecule has 0 bridgehead atoms. The summed E-state index contributed by atoms with van der Waals surface area (Å²) in [6.45, 7) is 0. The summed E-state index contributed by atoms with van der Waals surface area (Å²) in [4.78, 5) is 0. The summed E-state index contributed by atoms with van der Waals surface area (Å²) in [7, 11) is 0. The average Bonchev–Trinajstić information content (AvgIpc) is 2.40. The molecule has 1 aromatic rings. The summed E-state index contributed by atoms with van der Waals surface area (Å²) in [5.41, 5.74) is 0.701. The van der Waals surface area contributed by atoms with Crippen LogP contribution in [0.1, 0.15) is 25.7 Å². The molecule has 0 aliphatic heterocycles. The van der Waals surface area contributed by atoms with Crippen LogP contribution in [0.15, 0.2) is 24.3 Å². The Morgan fingerprint density at radius 2 is 1.80 bits per heavy atom. The monoisotopic (exact) mass is 284 g/mol. The standard InChI is InChI=1S/C14H15F3N2O/c15-14(16,17)20-12-7-5-11(6-8-12)19-13-4-2-1-3-10(13)9-18/h5-8,10,13,19H,1-4H2. The molecular weight excluding hydrogens is 269 g/mol. The van der Waals surface area contributed by atoms with Gasteiger partial charge in [0.2, 0.25) is 0 Å². The van der Waals surface area contributed by atoms with E-state index in [1.54, 1.807) is 0 Å². The molecule has 0 spiro atoms.